The molecule has 414 valence electrons. The fourth-order valence-corrected chi connectivity index (χ4v) is 9.87. The molecule has 0 aromatic rings. The Morgan fingerprint density at radius 2 is 0.671 bits per heavy atom. The fraction of sp³-hybridized carbons (Fsp3) is 0.906. The van der Waals surface area contributed by atoms with E-state index in [4.69, 9.17) is 4.74 Å². The maximum Gasteiger partial charge on any atom is 0.305 e. The smallest absolute Gasteiger partial charge is 0.305 e. The number of aliphatic hydroxyl groups excluding tert-OH is 2. The molecule has 2 unspecified atom stereocenters. The monoisotopic (exact) mass is 986 g/mol. The number of rotatable bonds is 59. The van der Waals surface area contributed by atoms with Gasteiger partial charge in [-0.2, -0.15) is 0 Å². The molecule has 0 aromatic heterocycles. The molecule has 0 heterocycles. The molecule has 0 fully saturated rings. The van der Waals surface area contributed by atoms with Crippen LogP contribution < -0.4 is 5.32 Å². The van der Waals surface area contributed by atoms with Crippen LogP contribution in [0.3, 0.4) is 0 Å². The highest BCUT2D eigenvalue weighted by molar-refractivity contribution is 5.76. The van der Waals surface area contributed by atoms with E-state index < -0.39 is 12.1 Å². The van der Waals surface area contributed by atoms with Crippen LogP contribution in [0.4, 0.5) is 0 Å². The Morgan fingerprint density at radius 1 is 0.386 bits per heavy atom. The summed E-state index contributed by atoms with van der Waals surface area (Å²) in [7, 11) is 0. The van der Waals surface area contributed by atoms with Crippen molar-refractivity contribution in [2.75, 3.05) is 13.2 Å². The van der Waals surface area contributed by atoms with Crippen LogP contribution in [0, 0.1) is 0 Å². The lowest BCUT2D eigenvalue weighted by Crippen LogP contribution is -2.45. The van der Waals surface area contributed by atoms with Gasteiger partial charge in [0.15, 0.2) is 0 Å². The van der Waals surface area contributed by atoms with Gasteiger partial charge in [0.05, 0.1) is 25.4 Å². The Hall–Kier alpha value is -1.66. The Bertz CT molecular complexity index is 1090. The number of aliphatic hydroxyl groups is 2. The molecule has 0 saturated carbocycles. The highest BCUT2D eigenvalue weighted by Crippen LogP contribution is 2.18. The van der Waals surface area contributed by atoms with Crippen molar-refractivity contribution in [3.05, 3.63) is 24.3 Å². The molecule has 0 aromatic carbocycles. The van der Waals surface area contributed by atoms with Crippen LogP contribution in [0.25, 0.3) is 0 Å². The molecule has 0 aliphatic heterocycles. The summed E-state index contributed by atoms with van der Waals surface area (Å²) in [5, 5.41) is 23.2. The third kappa shape index (κ3) is 55.7. The predicted octanol–water partition coefficient (Wildman–Crippen LogP) is 19.8. The molecule has 6 heteroatoms. The molecule has 0 saturated heterocycles. The maximum absolute atomic E-state index is 12.5. The lowest BCUT2D eigenvalue weighted by atomic mass is 10.0. The number of carbonyl (C=O) groups excluding carboxylic acids is 2. The van der Waals surface area contributed by atoms with E-state index in [2.05, 4.69) is 31.3 Å². The van der Waals surface area contributed by atoms with Gasteiger partial charge in [0.1, 0.15) is 0 Å². The molecule has 6 nitrogen and oxygen atoms in total. The minimum absolute atomic E-state index is 0.00821. The number of amides is 1. The zero-order valence-electron chi connectivity index (χ0n) is 47.3. The zero-order chi connectivity index (χ0) is 50.7. The highest BCUT2D eigenvalue weighted by atomic mass is 16.5. The average Bonchev–Trinajstić information content (AvgIpc) is 3.36. The lowest BCUT2D eigenvalue weighted by molar-refractivity contribution is -0.143. The first-order valence-electron chi connectivity index (χ1n) is 31.6. The largest absolute Gasteiger partial charge is 0.466 e. The van der Waals surface area contributed by atoms with Crippen LogP contribution in [0.15, 0.2) is 24.3 Å². The maximum atomic E-state index is 12.5. The molecule has 70 heavy (non-hydrogen) atoms. The second kappa shape index (κ2) is 59.9. The summed E-state index contributed by atoms with van der Waals surface area (Å²) < 4.78 is 5.47. The van der Waals surface area contributed by atoms with Gasteiger partial charge in [0.25, 0.3) is 0 Å². The normalized spacial score (nSPS) is 12.7. The first kappa shape index (κ1) is 68.3. The summed E-state index contributed by atoms with van der Waals surface area (Å²) in [5.41, 5.74) is 0. The van der Waals surface area contributed by atoms with Gasteiger partial charge in [0, 0.05) is 12.8 Å². The molecular weight excluding hydrogens is 863 g/mol. The Balaban J connectivity index is 3.49. The van der Waals surface area contributed by atoms with E-state index in [0.717, 1.165) is 70.6 Å². The number of unbranched alkanes of at least 4 members (excludes halogenated alkanes) is 46. The van der Waals surface area contributed by atoms with E-state index in [0.29, 0.717) is 19.4 Å². The van der Waals surface area contributed by atoms with Crippen molar-refractivity contribution >= 4 is 11.9 Å². The van der Waals surface area contributed by atoms with Crippen molar-refractivity contribution in [3.8, 4) is 0 Å². The topological polar surface area (TPSA) is 95.9 Å². The Morgan fingerprint density at radius 3 is 1.01 bits per heavy atom. The Labute approximate surface area is 437 Å². The molecule has 0 spiro atoms. The van der Waals surface area contributed by atoms with Gasteiger partial charge in [-0.05, 0) is 57.8 Å². The summed E-state index contributed by atoms with van der Waals surface area (Å²) in [6, 6.07) is -0.640. The van der Waals surface area contributed by atoms with Crippen LogP contribution in [-0.4, -0.2) is 47.4 Å². The summed E-state index contributed by atoms with van der Waals surface area (Å²) in [4.78, 5) is 24.5. The van der Waals surface area contributed by atoms with Gasteiger partial charge in [-0.15, -0.1) is 0 Å². The first-order chi connectivity index (χ1) is 34.5. The highest BCUT2D eigenvalue weighted by Gasteiger charge is 2.18. The van der Waals surface area contributed by atoms with Crippen LogP contribution in [0.2, 0.25) is 0 Å². The van der Waals surface area contributed by atoms with Crippen molar-refractivity contribution in [1.29, 1.82) is 0 Å². The minimum atomic E-state index is -0.855. The van der Waals surface area contributed by atoms with E-state index >= 15 is 0 Å². The van der Waals surface area contributed by atoms with Crippen molar-refractivity contribution in [3.63, 3.8) is 0 Å². The SMILES string of the molecule is CCCCCCCCCCCCCCCCCCCCCCCC/C=C/C(O)C(CO)NC(=O)CCCCCCCCC/C=C\CCCCCCOC(=O)CCCCCCCCCCCCCCCC. The van der Waals surface area contributed by atoms with Gasteiger partial charge in [0.2, 0.25) is 5.91 Å². The van der Waals surface area contributed by atoms with E-state index in [1.807, 2.05) is 6.08 Å². The van der Waals surface area contributed by atoms with Crippen LogP contribution in [-0.2, 0) is 14.3 Å². The number of esters is 1. The standard InChI is InChI=1S/C64H123NO5/c1-3-5-7-9-11-13-15-17-19-20-21-22-23-24-25-26-27-29-32-36-40-44-48-52-56-62(67)61(60-66)65-63(68)57-53-49-45-41-37-33-30-28-31-35-39-43-47-51-55-59-70-64(69)58-54-50-46-42-38-34-18-16-14-12-10-8-6-4-2/h31,35,52,56,61-62,66-67H,3-30,32-34,36-51,53-55,57-60H2,1-2H3,(H,65,68)/b35-31-,56-52+. The van der Waals surface area contributed by atoms with E-state index in [9.17, 15) is 19.8 Å². The molecule has 0 radical (unpaired) electrons. The van der Waals surface area contributed by atoms with Crippen molar-refractivity contribution < 1.29 is 24.5 Å². The van der Waals surface area contributed by atoms with E-state index in [1.54, 1.807) is 6.08 Å². The van der Waals surface area contributed by atoms with Crippen LogP contribution in [0.1, 0.15) is 348 Å². The number of carbonyl (C=O) groups is 2. The second-order valence-corrected chi connectivity index (χ2v) is 21.7. The Kier molecular flexibility index (Phi) is 58.5. The van der Waals surface area contributed by atoms with Gasteiger partial charge in [-0.25, -0.2) is 0 Å². The molecule has 3 N–H and O–H groups in total. The number of ether oxygens (including phenoxy) is 1. The molecule has 0 bridgehead atoms. The number of hydrogen-bond acceptors (Lipinski definition) is 5. The molecule has 2 atom stereocenters. The van der Waals surface area contributed by atoms with Gasteiger partial charge < -0.3 is 20.3 Å². The van der Waals surface area contributed by atoms with Gasteiger partial charge in [-0.3, -0.25) is 9.59 Å². The van der Waals surface area contributed by atoms with Crippen LogP contribution in [0.5, 0.6) is 0 Å². The second-order valence-electron chi connectivity index (χ2n) is 21.7. The molecule has 0 aliphatic carbocycles. The predicted molar refractivity (Wildman–Crippen MR) is 306 cm³/mol. The van der Waals surface area contributed by atoms with E-state index in [1.165, 1.54) is 250 Å². The molecular formula is C64H123NO5. The summed E-state index contributed by atoms with van der Waals surface area (Å²) in [5.74, 6) is -0.0877. The minimum Gasteiger partial charge on any atom is -0.466 e. The lowest BCUT2D eigenvalue weighted by Gasteiger charge is -2.20. The first-order valence-corrected chi connectivity index (χ1v) is 31.6. The third-order valence-corrected chi connectivity index (χ3v) is 14.7. The number of nitrogens with one attached hydrogen (secondary N) is 1. The van der Waals surface area contributed by atoms with Crippen molar-refractivity contribution in [2.45, 2.75) is 360 Å². The summed E-state index contributed by atoms with van der Waals surface area (Å²) in [6.45, 7) is 4.90. The number of hydrogen-bond donors (Lipinski definition) is 3. The quantitative estimate of drug-likeness (QED) is 0.0321. The molecule has 1 amide bonds. The van der Waals surface area contributed by atoms with E-state index in [-0.39, 0.29) is 18.5 Å². The third-order valence-electron chi connectivity index (χ3n) is 14.7. The van der Waals surface area contributed by atoms with Gasteiger partial charge >= 0.3 is 5.97 Å². The summed E-state index contributed by atoms with van der Waals surface area (Å²) >= 11 is 0. The average molecular weight is 987 g/mol. The van der Waals surface area contributed by atoms with Crippen molar-refractivity contribution in [2.24, 2.45) is 0 Å². The molecule has 0 rings (SSSR count). The van der Waals surface area contributed by atoms with Crippen molar-refractivity contribution in [1.82, 2.24) is 5.32 Å². The molecule has 0 aliphatic rings. The fourth-order valence-electron chi connectivity index (χ4n) is 9.87. The van der Waals surface area contributed by atoms with Gasteiger partial charge in [-0.1, -0.05) is 301 Å². The van der Waals surface area contributed by atoms with Crippen LogP contribution >= 0.6 is 0 Å². The summed E-state index contributed by atoms with van der Waals surface area (Å²) in [6.07, 6.45) is 73.6. The number of allylic oxidation sites excluding steroid dienone is 3. The zero-order valence-corrected chi connectivity index (χ0v) is 47.3.